The summed E-state index contributed by atoms with van der Waals surface area (Å²) in [4.78, 5) is 6.64. The van der Waals surface area contributed by atoms with E-state index >= 15 is 0 Å². The van der Waals surface area contributed by atoms with Gasteiger partial charge in [-0.2, -0.15) is 0 Å². The van der Waals surface area contributed by atoms with E-state index in [0.29, 0.717) is 5.41 Å². The van der Waals surface area contributed by atoms with Crippen LogP contribution in [-0.2, 0) is 6.54 Å². The van der Waals surface area contributed by atoms with Gasteiger partial charge >= 0.3 is 0 Å². The van der Waals surface area contributed by atoms with Crippen LogP contribution in [0.15, 0.2) is 24.5 Å². The number of aromatic nitrogens is 1. The third-order valence-corrected chi connectivity index (χ3v) is 3.68. The number of piperidine rings is 1. The fraction of sp³-hybridized carbons (Fsp3) is 0.615. The van der Waals surface area contributed by atoms with Crippen molar-refractivity contribution in [2.75, 3.05) is 19.6 Å². The van der Waals surface area contributed by atoms with E-state index in [2.05, 4.69) is 22.9 Å². The van der Waals surface area contributed by atoms with Crippen LogP contribution in [0.25, 0.3) is 0 Å². The lowest BCUT2D eigenvalue weighted by molar-refractivity contribution is 0.119. The molecule has 0 atom stereocenters. The highest BCUT2D eigenvalue weighted by Crippen LogP contribution is 2.29. The molecular formula is C13H21N3. The Morgan fingerprint density at radius 3 is 2.75 bits per heavy atom. The van der Waals surface area contributed by atoms with Gasteiger partial charge in [0.15, 0.2) is 0 Å². The number of nitrogens with zero attached hydrogens (tertiary/aromatic N) is 2. The average molecular weight is 219 g/mol. The summed E-state index contributed by atoms with van der Waals surface area (Å²) in [6.45, 7) is 6.45. The molecule has 88 valence electrons. The molecule has 16 heavy (non-hydrogen) atoms. The predicted octanol–water partition coefficient (Wildman–Crippen LogP) is 1.64. The van der Waals surface area contributed by atoms with Crippen molar-refractivity contribution < 1.29 is 0 Å². The van der Waals surface area contributed by atoms with E-state index in [1.165, 1.54) is 18.4 Å². The molecule has 0 amide bonds. The summed E-state index contributed by atoms with van der Waals surface area (Å²) < 4.78 is 0. The Balaban J connectivity index is 1.86. The molecule has 3 heteroatoms. The van der Waals surface area contributed by atoms with Crippen LogP contribution in [0.2, 0.25) is 0 Å². The zero-order chi connectivity index (χ0) is 11.4. The minimum absolute atomic E-state index is 0.367. The van der Waals surface area contributed by atoms with Gasteiger partial charge in [-0.1, -0.05) is 13.0 Å². The highest BCUT2D eigenvalue weighted by atomic mass is 15.1. The Kier molecular flexibility index (Phi) is 3.56. The van der Waals surface area contributed by atoms with Crippen molar-refractivity contribution in [3.63, 3.8) is 0 Å². The number of likely N-dealkylation sites (tertiary alicyclic amines) is 1. The summed E-state index contributed by atoms with van der Waals surface area (Å²) in [6, 6.07) is 4.15. The summed E-state index contributed by atoms with van der Waals surface area (Å²) in [5.74, 6) is 0. The molecule has 2 heterocycles. The predicted molar refractivity (Wildman–Crippen MR) is 65.9 cm³/mol. The lowest BCUT2D eigenvalue weighted by atomic mass is 9.80. The normalized spacial score (nSPS) is 20.9. The van der Waals surface area contributed by atoms with Gasteiger partial charge < -0.3 is 5.73 Å². The Morgan fingerprint density at radius 1 is 1.44 bits per heavy atom. The molecule has 1 aliphatic rings. The Labute approximate surface area is 97.7 Å². The maximum atomic E-state index is 5.81. The van der Waals surface area contributed by atoms with Crippen LogP contribution >= 0.6 is 0 Å². The number of nitrogens with two attached hydrogens (primary N) is 1. The Morgan fingerprint density at radius 2 is 2.19 bits per heavy atom. The zero-order valence-electron chi connectivity index (χ0n) is 10.0. The number of hydrogen-bond acceptors (Lipinski definition) is 3. The SMILES string of the molecule is CC1(CN)CCN(Cc2cccnc2)CC1. The topological polar surface area (TPSA) is 42.1 Å². The fourth-order valence-electron chi connectivity index (χ4n) is 2.20. The lowest BCUT2D eigenvalue weighted by Gasteiger charge is -2.38. The van der Waals surface area contributed by atoms with Gasteiger partial charge in [-0.05, 0) is 49.5 Å². The minimum Gasteiger partial charge on any atom is -0.330 e. The molecule has 0 unspecified atom stereocenters. The lowest BCUT2D eigenvalue weighted by Crippen LogP contribution is -2.41. The van der Waals surface area contributed by atoms with Crippen molar-refractivity contribution in [3.8, 4) is 0 Å². The van der Waals surface area contributed by atoms with Crippen molar-refractivity contribution in [1.29, 1.82) is 0 Å². The molecule has 1 aromatic rings. The number of pyridine rings is 1. The molecule has 1 saturated heterocycles. The van der Waals surface area contributed by atoms with Gasteiger partial charge in [-0.15, -0.1) is 0 Å². The quantitative estimate of drug-likeness (QED) is 0.840. The van der Waals surface area contributed by atoms with Gasteiger partial charge in [-0.3, -0.25) is 9.88 Å². The first-order valence-corrected chi connectivity index (χ1v) is 6.03. The molecule has 1 aliphatic heterocycles. The van der Waals surface area contributed by atoms with Gasteiger partial charge in [0.25, 0.3) is 0 Å². The average Bonchev–Trinajstić information content (AvgIpc) is 2.34. The van der Waals surface area contributed by atoms with E-state index in [1.54, 1.807) is 0 Å². The van der Waals surface area contributed by atoms with Gasteiger partial charge in [0.05, 0.1) is 0 Å². The standard InChI is InChI=1S/C13H21N3/c1-13(11-14)4-7-16(8-5-13)10-12-3-2-6-15-9-12/h2-3,6,9H,4-5,7-8,10-11,14H2,1H3. The molecule has 2 N–H and O–H groups in total. The summed E-state index contributed by atoms with van der Waals surface area (Å²) >= 11 is 0. The Hall–Kier alpha value is -0.930. The summed E-state index contributed by atoms with van der Waals surface area (Å²) in [5.41, 5.74) is 7.48. The van der Waals surface area contributed by atoms with Gasteiger partial charge in [0, 0.05) is 18.9 Å². The van der Waals surface area contributed by atoms with Crippen molar-refractivity contribution in [2.24, 2.45) is 11.1 Å². The summed E-state index contributed by atoms with van der Waals surface area (Å²) in [6.07, 6.45) is 6.20. The van der Waals surface area contributed by atoms with E-state index in [9.17, 15) is 0 Å². The van der Waals surface area contributed by atoms with Crippen LogP contribution < -0.4 is 5.73 Å². The van der Waals surface area contributed by atoms with E-state index in [0.717, 1.165) is 26.2 Å². The minimum atomic E-state index is 0.367. The van der Waals surface area contributed by atoms with E-state index in [1.807, 2.05) is 18.5 Å². The Bertz CT molecular complexity index is 315. The first-order chi connectivity index (χ1) is 7.72. The largest absolute Gasteiger partial charge is 0.330 e. The first kappa shape index (κ1) is 11.6. The van der Waals surface area contributed by atoms with Crippen molar-refractivity contribution in [1.82, 2.24) is 9.88 Å². The number of hydrogen-bond donors (Lipinski definition) is 1. The third kappa shape index (κ3) is 2.80. The van der Waals surface area contributed by atoms with Crippen LogP contribution in [0.4, 0.5) is 0 Å². The van der Waals surface area contributed by atoms with Crippen LogP contribution in [0.1, 0.15) is 25.3 Å². The molecule has 0 bridgehead atoms. The molecule has 2 rings (SSSR count). The second-order valence-corrected chi connectivity index (χ2v) is 5.15. The summed E-state index contributed by atoms with van der Waals surface area (Å²) in [5, 5.41) is 0. The highest BCUT2D eigenvalue weighted by Gasteiger charge is 2.28. The molecule has 0 aromatic carbocycles. The van der Waals surface area contributed by atoms with Crippen LogP contribution in [-0.4, -0.2) is 29.5 Å². The molecule has 3 nitrogen and oxygen atoms in total. The fourth-order valence-corrected chi connectivity index (χ4v) is 2.20. The monoisotopic (exact) mass is 219 g/mol. The van der Waals surface area contributed by atoms with Crippen molar-refractivity contribution in [2.45, 2.75) is 26.3 Å². The molecular weight excluding hydrogens is 198 g/mol. The zero-order valence-corrected chi connectivity index (χ0v) is 10.0. The van der Waals surface area contributed by atoms with Crippen LogP contribution in [0.5, 0.6) is 0 Å². The molecule has 0 spiro atoms. The number of rotatable bonds is 3. The van der Waals surface area contributed by atoms with Gasteiger partial charge in [-0.25, -0.2) is 0 Å². The van der Waals surface area contributed by atoms with E-state index < -0.39 is 0 Å². The molecule has 0 aliphatic carbocycles. The maximum Gasteiger partial charge on any atom is 0.0312 e. The van der Waals surface area contributed by atoms with Gasteiger partial charge in [0.2, 0.25) is 0 Å². The summed E-state index contributed by atoms with van der Waals surface area (Å²) in [7, 11) is 0. The van der Waals surface area contributed by atoms with Crippen molar-refractivity contribution in [3.05, 3.63) is 30.1 Å². The smallest absolute Gasteiger partial charge is 0.0312 e. The highest BCUT2D eigenvalue weighted by molar-refractivity contribution is 5.08. The van der Waals surface area contributed by atoms with E-state index in [4.69, 9.17) is 5.73 Å². The molecule has 1 fully saturated rings. The van der Waals surface area contributed by atoms with Crippen LogP contribution in [0.3, 0.4) is 0 Å². The second kappa shape index (κ2) is 4.93. The maximum absolute atomic E-state index is 5.81. The van der Waals surface area contributed by atoms with Crippen LogP contribution in [0, 0.1) is 5.41 Å². The molecule has 0 radical (unpaired) electrons. The van der Waals surface area contributed by atoms with Crippen molar-refractivity contribution >= 4 is 0 Å². The van der Waals surface area contributed by atoms with Gasteiger partial charge in [0.1, 0.15) is 0 Å². The van der Waals surface area contributed by atoms with E-state index in [-0.39, 0.29) is 0 Å². The molecule has 0 saturated carbocycles. The second-order valence-electron chi connectivity index (χ2n) is 5.15. The first-order valence-electron chi connectivity index (χ1n) is 6.03. The third-order valence-electron chi connectivity index (χ3n) is 3.68. The molecule has 1 aromatic heterocycles.